The van der Waals surface area contributed by atoms with E-state index >= 15 is 0 Å². The van der Waals surface area contributed by atoms with Gasteiger partial charge in [0.2, 0.25) is 6.29 Å². The summed E-state index contributed by atoms with van der Waals surface area (Å²) in [6.07, 6.45) is -1.13. The number of rotatable bonds is 8. The summed E-state index contributed by atoms with van der Waals surface area (Å²) in [5.41, 5.74) is 2.18. The maximum atomic E-state index is 12.9. The van der Waals surface area contributed by atoms with Gasteiger partial charge in [0.15, 0.2) is 0 Å². The van der Waals surface area contributed by atoms with Crippen molar-refractivity contribution in [1.29, 1.82) is 0 Å². The van der Waals surface area contributed by atoms with Crippen molar-refractivity contribution in [3.8, 4) is 5.75 Å². The quantitative estimate of drug-likeness (QED) is 0.262. The van der Waals surface area contributed by atoms with Crippen LogP contribution in [0.3, 0.4) is 0 Å². The van der Waals surface area contributed by atoms with E-state index in [1.54, 1.807) is 18.8 Å². The first kappa shape index (κ1) is 30.8. The molecule has 0 bridgehead atoms. The summed E-state index contributed by atoms with van der Waals surface area (Å²) < 4.78 is 19.2. The summed E-state index contributed by atoms with van der Waals surface area (Å²) in [4.78, 5) is 29.2. The smallest absolute Gasteiger partial charge is 0.416 e. The SMILES string of the molecule is CN(C(=O)OC1CN(CCOc2ccc(NC(=O)Nc3cc(C(C)(C)C)nn3C)c3ccccc23)CCO1)c1ccccc1. The average Bonchev–Trinajstić information content (AvgIpc) is 3.38. The lowest BCUT2D eigenvalue weighted by Crippen LogP contribution is -2.47. The summed E-state index contributed by atoms with van der Waals surface area (Å²) in [7, 11) is 3.48. The molecule has 1 aromatic heterocycles. The highest BCUT2D eigenvalue weighted by Gasteiger charge is 2.26. The normalized spacial score (nSPS) is 15.5. The second-order valence-corrected chi connectivity index (χ2v) is 11.8. The molecule has 0 saturated carbocycles. The van der Waals surface area contributed by atoms with Crippen LogP contribution in [0.4, 0.5) is 26.8 Å². The van der Waals surface area contributed by atoms with E-state index in [0.717, 1.165) is 22.2 Å². The van der Waals surface area contributed by atoms with Crippen LogP contribution in [-0.2, 0) is 21.9 Å². The van der Waals surface area contributed by atoms with Gasteiger partial charge in [-0.05, 0) is 24.3 Å². The number of aryl methyl sites for hydroxylation is 1. The lowest BCUT2D eigenvalue weighted by molar-refractivity contribution is -0.146. The topological polar surface area (TPSA) is 110 Å². The zero-order valence-corrected chi connectivity index (χ0v) is 25.9. The van der Waals surface area contributed by atoms with Crippen LogP contribution in [0.25, 0.3) is 10.8 Å². The molecule has 232 valence electrons. The molecule has 0 spiro atoms. The van der Waals surface area contributed by atoms with E-state index in [4.69, 9.17) is 14.2 Å². The molecule has 0 aliphatic carbocycles. The highest BCUT2D eigenvalue weighted by molar-refractivity contribution is 6.07. The number of anilines is 3. The molecule has 3 aromatic carbocycles. The Balaban J connectivity index is 1.16. The van der Waals surface area contributed by atoms with Gasteiger partial charge in [0, 0.05) is 55.1 Å². The van der Waals surface area contributed by atoms with Crippen molar-refractivity contribution < 1.29 is 23.8 Å². The van der Waals surface area contributed by atoms with Crippen LogP contribution >= 0.6 is 0 Å². The number of morpholine rings is 1. The predicted octanol–water partition coefficient (Wildman–Crippen LogP) is 5.82. The molecule has 3 amide bonds. The van der Waals surface area contributed by atoms with E-state index in [0.29, 0.717) is 50.1 Å². The van der Waals surface area contributed by atoms with E-state index < -0.39 is 12.4 Å². The van der Waals surface area contributed by atoms with Crippen molar-refractivity contribution in [2.45, 2.75) is 32.5 Å². The number of carbonyl (C=O) groups is 2. The number of para-hydroxylation sites is 1. The number of amides is 3. The third kappa shape index (κ3) is 7.47. The molecule has 11 nitrogen and oxygen atoms in total. The lowest BCUT2D eigenvalue weighted by Gasteiger charge is -2.33. The van der Waals surface area contributed by atoms with E-state index in [9.17, 15) is 9.59 Å². The summed E-state index contributed by atoms with van der Waals surface area (Å²) in [6.45, 7) is 8.91. The number of hydrogen-bond donors (Lipinski definition) is 2. The van der Waals surface area contributed by atoms with E-state index in [1.807, 2.05) is 72.8 Å². The van der Waals surface area contributed by atoms with Gasteiger partial charge in [0.25, 0.3) is 0 Å². The van der Waals surface area contributed by atoms with Gasteiger partial charge in [-0.15, -0.1) is 0 Å². The Bertz CT molecular complexity index is 1600. The number of hydrogen-bond acceptors (Lipinski definition) is 7. The molecule has 1 fully saturated rings. The highest BCUT2D eigenvalue weighted by Crippen LogP contribution is 2.32. The van der Waals surface area contributed by atoms with E-state index in [2.05, 4.69) is 41.4 Å². The van der Waals surface area contributed by atoms with Crippen molar-refractivity contribution in [2.75, 3.05) is 55.4 Å². The summed E-state index contributed by atoms with van der Waals surface area (Å²) >= 11 is 0. The van der Waals surface area contributed by atoms with Gasteiger partial charge in [0.05, 0.1) is 24.5 Å². The molecule has 5 rings (SSSR count). The maximum absolute atomic E-state index is 12.9. The van der Waals surface area contributed by atoms with Crippen LogP contribution in [0.15, 0.2) is 72.8 Å². The lowest BCUT2D eigenvalue weighted by atomic mass is 9.92. The third-order valence-corrected chi connectivity index (χ3v) is 7.46. The van der Waals surface area contributed by atoms with E-state index in [-0.39, 0.29) is 11.4 Å². The molecule has 1 atom stereocenters. The van der Waals surface area contributed by atoms with Crippen LogP contribution in [0.2, 0.25) is 0 Å². The number of urea groups is 1. The Labute approximate surface area is 257 Å². The number of fused-ring (bicyclic) bond motifs is 1. The van der Waals surface area contributed by atoms with Crippen molar-refractivity contribution in [2.24, 2.45) is 7.05 Å². The fraction of sp³-hybridized carbons (Fsp3) is 0.364. The number of nitrogens with one attached hydrogen (secondary N) is 2. The second-order valence-electron chi connectivity index (χ2n) is 11.8. The second kappa shape index (κ2) is 13.4. The predicted molar refractivity (Wildman–Crippen MR) is 171 cm³/mol. The average molecular weight is 601 g/mol. The Morgan fingerprint density at radius 2 is 1.75 bits per heavy atom. The van der Waals surface area contributed by atoms with Crippen LogP contribution in [0, 0.1) is 0 Å². The Hall–Kier alpha value is -4.61. The number of carbonyl (C=O) groups excluding carboxylic acids is 2. The first-order valence-electron chi connectivity index (χ1n) is 14.7. The van der Waals surface area contributed by atoms with Gasteiger partial charge in [-0.25, -0.2) is 9.59 Å². The fourth-order valence-electron chi connectivity index (χ4n) is 4.90. The van der Waals surface area contributed by atoms with Crippen molar-refractivity contribution >= 4 is 40.1 Å². The van der Waals surface area contributed by atoms with Gasteiger partial charge in [0.1, 0.15) is 18.2 Å². The molecule has 1 aliphatic heterocycles. The molecular weight excluding hydrogens is 560 g/mol. The van der Waals surface area contributed by atoms with Gasteiger partial charge in [-0.2, -0.15) is 5.10 Å². The molecule has 2 N–H and O–H groups in total. The monoisotopic (exact) mass is 600 g/mol. The number of aromatic nitrogens is 2. The molecule has 2 heterocycles. The Morgan fingerprint density at radius 1 is 1.02 bits per heavy atom. The highest BCUT2D eigenvalue weighted by atomic mass is 16.7. The fourth-order valence-corrected chi connectivity index (χ4v) is 4.90. The zero-order chi connectivity index (χ0) is 31.3. The standard InChI is InChI=1S/C33H40N6O5/c1-33(2,3)28-21-29(38(5)36-28)35-31(40)34-26-15-16-27(25-14-10-9-13-24(25)26)42-19-17-39-18-20-43-30(22-39)44-32(41)37(4)23-11-7-6-8-12-23/h6-16,21,30H,17-20,22H2,1-5H3,(H2,34,35,40). The van der Waals surface area contributed by atoms with Gasteiger partial charge >= 0.3 is 12.1 Å². The van der Waals surface area contributed by atoms with Gasteiger partial charge in [-0.3, -0.25) is 19.8 Å². The number of benzene rings is 3. The number of nitrogens with zero attached hydrogens (tertiary/aromatic N) is 4. The summed E-state index contributed by atoms with van der Waals surface area (Å²) in [6, 6.07) is 22.4. The van der Waals surface area contributed by atoms with Crippen LogP contribution in [0.1, 0.15) is 26.5 Å². The van der Waals surface area contributed by atoms with Crippen molar-refractivity contribution in [1.82, 2.24) is 14.7 Å². The molecule has 4 aromatic rings. The molecular formula is C33H40N6O5. The minimum Gasteiger partial charge on any atom is -0.492 e. The molecule has 1 unspecified atom stereocenters. The molecule has 0 radical (unpaired) electrons. The minimum absolute atomic E-state index is 0.129. The van der Waals surface area contributed by atoms with Crippen molar-refractivity contribution in [3.05, 3.63) is 78.5 Å². The molecule has 1 saturated heterocycles. The third-order valence-electron chi connectivity index (χ3n) is 7.46. The van der Waals surface area contributed by atoms with Crippen LogP contribution in [0.5, 0.6) is 5.75 Å². The Kier molecular flexibility index (Phi) is 9.36. The van der Waals surface area contributed by atoms with Crippen LogP contribution in [-0.4, -0.2) is 73.0 Å². The minimum atomic E-state index is -0.661. The van der Waals surface area contributed by atoms with Gasteiger partial charge in [-0.1, -0.05) is 63.2 Å². The van der Waals surface area contributed by atoms with Crippen LogP contribution < -0.4 is 20.3 Å². The first-order valence-corrected chi connectivity index (χ1v) is 14.7. The van der Waals surface area contributed by atoms with E-state index in [1.165, 1.54) is 4.90 Å². The van der Waals surface area contributed by atoms with Gasteiger partial charge < -0.3 is 19.5 Å². The molecule has 11 heteroatoms. The zero-order valence-electron chi connectivity index (χ0n) is 25.9. The first-order chi connectivity index (χ1) is 21.1. The largest absolute Gasteiger partial charge is 0.492 e. The maximum Gasteiger partial charge on any atom is 0.416 e. The summed E-state index contributed by atoms with van der Waals surface area (Å²) in [5, 5.41) is 12.1. The Morgan fingerprint density at radius 3 is 2.48 bits per heavy atom. The molecule has 44 heavy (non-hydrogen) atoms. The summed E-state index contributed by atoms with van der Waals surface area (Å²) in [5.74, 6) is 1.33. The van der Waals surface area contributed by atoms with Crippen molar-refractivity contribution in [3.63, 3.8) is 0 Å². The number of ether oxygens (including phenoxy) is 3. The molecule has 1 aliphatic rings.